The molecule has 3 heterocycles. The maximum atomic E-state index is 6.21. The Morgan fingerprint density at radius 2 is 1.36 bits per heavy atom. The van der Waals surface area contributed by atoms with Crippen molar-refractivity contribution in [1.82, 2.24) is 9.97 Å². The maximum absolute atomic E-state index is 6.21. The second kappa shape index (κ2) is 8.86. The van der Waals surface area contributed by atoms with Crippen LogP contribution < -0.4 is 4.90 Å². The van der Waals surface area contributed by atoms with Gasteiger partial charge in [-0.25, -0.2) is 9.97 Å². The molecule has 1 aliphatic rings. The molecule has 5 aromatic carbocycles. The Kier molecular flexibility index (Phi) is 5.15. The Labute approximate surface area is 236 Å². The molecule has 0 saturated carbocycles. The van der Waals surface area contributed by atoms with Crippen LogP contribution in [-0.2, 0) is 0 Å². The van der Waals surface area contributed by atoms with Crippen LogP contribution in [0, 0.1) is 0 Å². The predicted octanol–water partition coefficient (Wildman–Crippen LogP) is 10.00. The van der Waals surface area contributed by atoms with Crippen molar-refractivity contribution in [2.75, 3.05) is 4.90 Å². The second-order valence-electron chi connectivity index (χ2n) is 9.23. The van der Waals surface area contributed by atoms with Gasteiger partial charge in [0.1, 0.15) is 11.0 Å². The number of aromatic nitrogens is 2. The predicted molar refractivity (Wildman–Crippen MR) is 159 cm³/mol. The lowest BCUT2D eigenvalue weighted by atomic mass is 10.1. The molecule has 7 heteroatoms. The quantitative estimate of drug-likeness (QED) is 0.205. The van der Waals surface area contributed by atoms with Crippen LogP contribution in [0.25, 0.3) is 45.1 Å². The number of rotatable bonds is 3. The number of hydrogen-bond acceptors (Lipinski definition) is 6. The molecular formula is C32H18BrN3O2S. The molecule has 0 bridgehead atoms. The van der Waals surface area contributed by atoms with Gasteiger partial charge in [-0.2, -0.15) is 0 Å². The summed E-state index contributed by atoms with van der Waals surface area (Å²) in [5.41, 5.74) is 8.27. The fourth-order valence-electron chi connectivity index (χ4n) is 5.01. The van der Waals surface area contributed by atoms with Crippen LogP contribution >= 0.6 is 27.7 Å². The topological polar surface area (TPSA) is 55.3 Å². The minimum atomic E-state index is 0.598. The van der Waals surface area contributed by atoms with Gasteiger partial charge in [-0.3, -0.25) is 0 Å². The van der Waals surface area contributed by atoms with E-state index >= 15 is 0 Å². The van der Waals surface area contributed by atoms with E-state index in [0.717, 1.165) is 64.7 Å². The first-order valence-corrected chi connectivity index (χ1v) is 14.0. The second-order valence-corrected chi connectivity index (χ2v) is 11.2. The van der Waals surface area contributed by atoms with Crippen molar-refractivity contribution in [3.05, 3.63) is 114 Å². The third kappa shape index (κ3) is 3.77. The average molecular weight is 588 g/mol. The number of oxazole rings is 2. The van der Waals surface area contributed by atoms with Crippen LogP contribution in [0.2, 0.25) is 0 Å². The summed E-state index contributed by atoms with van der Waals surface area (Å²) in [7, 11) is 0. The van der Waals surface area contributed by atoms with Crippen molar-refractivity contribution in [2.24, 2.45) is 0 Å². The number of anilines is 3. The highest BCUT2D eigenvalue weighted by Gasteiger charge is 2.29. The molecule has 0 aliphatic carbocycles. The molecule has 39 heavy (non-hydrogen) atoms. The monoisotopic (exact) mass is 587 g/mol. The van der Waals surface area contributed by atoms with E-state index in [1.54, 1.807) is 11.8 Å². The molecule has 2 aromatic heterocycles. The van der Waals surface area contributed by atoms with E-state index in [0.29, 0.717) is 11.8 Å². The van der Waals surface area contributed by atoms with Crippen molar-refractivity contribution in [1.29, 1.82) is 0 Å². The summed E-state index contributed by atoms with van der Waals surface area (Å²) in [6, 6.07) is 36.7. The Morgan fingerprint density at radius 1 is 0.641 bits per heavy atom. The summed E-state index contributed by atoms with van der Waals surface area (Å²) in [5.74, 6) is 1.21. The van der Waals surface area contributed by atoms with E-state index in [1.165, 1.54) is 0 Å². The Hall–Kier alpha value is -4.33. The molecule has 0 radical (unpaired) electrons. The molecule has 0 saturated heterocycles. The number of halogens is 1. The lowest BCUT2D eigenvalue weighted by Gasteiger charge is -2.33. The summed E-state index contributed by atoms with van der Waals surface area (Å²) in [4.78, 5) is 14.0. The molecule has 5 nitrogen and oxygen atoms in total. The molecule has 0 N–H and O–H groups in total. The molecule has 186 valence electrons. The van der Waals surface area contributed by atoms with Gasteiger partial charge in [-0.05, 0) is 72.8 Å². The van der Waals surface area contributed by atoms with Crippen LogP contribution in [0.4, 0.5) is 17.1 Å². The first-order chi connectivity index (χ1) is 19.2. The number of hydrogen-bond donors (Lipinski definition) is 0. The van der Waals surface area contributed by atoms with Gasteiger partial charge in [0.05, 0.1) is 16.9 Å². The van der Waals surface area contributed by atoms with Crippen molar-refractivity contribution in [3.8, 4) is 22.9 Å². The van der Waals surface area contributed by atoms with Gasteiger partial charge in [0, 0.05) is 25.5 Å². The lowest BCUT2D eigenvalue weighted by molar-refractivity contribution is 0.618. The highest BCUT2D eigenvalue weighted by Crippen LogP contribution is 2.55. The number of para-hydroxylation sites is 4. The SMILES string of the molecule is Brc1ccc2c(c1)Sc1c(-c3nc4ccccc4o3)cccc1N2c1cccc(-c2nc3ccccc3o2)c1. The fraction of sp³-hybridized carbons (Fsp3) is 0. The highest BCUT2D eigenvalue weighted by atomic mass is 79.9. The smallest absolute Gasteiger partial charge is 0.228 e. The van der Waals surface area contributed by atoms with Crippen molar-refractivity contribution < 1.29 is 8.83 Å². The van der Waals surface area contributed by atoms with Gasteiger partial charge in [0.2, 0.25) is 11.8 Å². The Morgan fingerprint density at radius 3 is 2.15 bits per heavy atom. The summed E-state index contributed by atoms with van der Waals surface area (Å²) in [6.45, 7) is 0. The molecule has 7 aromatic rings. The molecule has 1 aliphatic heterocycles. The Balaban J connectivity index is 1.31. The van der Waals surface area contributed by atoms with Gasteiger partial charge in [0.25, 0.3) is 0 Å². The van der Waals surface area contributed by atoms with Gasteiger partial charge >= 0.3 is 0 Å². The molecule has 0 atom stereocenters. The fourth-order valence-corrected chi connectivity index (χ4v) is 6.72. The van der Waals surface area contributed by atoms with Crippen LogP contribution in [0.5, 0.6) is 0 Å². The highest BCUT2D eigenvalue weighted by molar-refractivity contribution is 9.10. The molecule has 0 fully saturated rings. The number of benzene rings is 5. The van der Waals surface area contributed by atoms with Crippen LogP contribution in [-0.4, -0.2) is 9.97 Å². The maximum Gasteiger partial charge on any atom is 0.228 e. The number of fused-ring (bicyclic) bond motifs is 4. The molecule has 8 rings (SSSR count). The van der Waals surface area contributed by atoms with Gasteiger partial charge in [-0.15, -0.1) is 0 Å². The standard InChI is InChI=1S/C32H18BrN3O2S/c33-20-15-16-25-29(18-20)39-30-22(32-35-24-11-2-4-14-28(24)38-32)9-6-12-26(30)36(25)21-8-5-7-19(17-21)31-34-23-10-1-3-13-27(23)37-31/h1-18H. The Bertz CT molecular complexity index is 1980. The molecule has 0 spiro atoms. The van der Waals surface area contributed by atoms with E-state index < -0.39 is 0 Å². The molecule has 0 amide bonds. The van der Waals surface area contributed by atoms with E-state index in [-0.39, 0.29) is 0 Å². The minimum absolute atomic E-state index is 0.598. The van der Waals surface area contributed by atoms with Crippen LogP contribution in [0.15, 0.2) is 132 Å². The van der Waals surface area contributed by atoms with Gasteiger partial charge in [0.15, 0.2) is 11.2 Å². The van der Waals surface area contributed by atoms with Gasteiger partial charge in [-0.1, -0.05) is 64.1 Å². The summed E-state index contributed by atoms with van der Waals surface area (Å²) in [5, 5.41) is 0. The lowest BCUT2D eigenvalue weighted by Crippen LogP contribution is -2.15. The summed E-state index contributed by atoms with van der Waals surface area (Å²) >= 11 is 5.40. The number of nitrogens with zero attached hydrogens (tertiary/aromatic N) is 3. The molecule has 0 unspecified atom stereocenters. The van der Waals surface area contributed by atoms with Crippen molar-refractivity contribution >= 4 is 67.0 Å². The van der Waals surface area contributed by atoms with E-state index in [2.05, 4.69) is 69.4 Å². The third-order valence-electron chi connectivity index (χ3n) is 6.78. The van der Waals surface area contributed by atoms with Crippen molar-refractivity contribution in [3.63, 3.8) is 0 Å². The normalized spacial score (nSPS) is 12.6. The first-order valence-electron chi connectivity index (χ1n) is 12.4. The zero-order valence-corrected chi connectivity index (χ0v) is 22.7. The van der Waals surface area contributed by atoms with Crippen molar-refractivity contribution in [2.45, 2.75) is 9.79 Å². The van der Waals surface area contributed by atoms with E-state index in [1.807, 2.05) is 60.7 Å². The van der Waals surface area contributed by atoms with Crippen LogP contribution in [0.1, 0.15) is 0 Å². The van der Waals surface area contributed by atoms with E-state index in [9.17, 15) is 0 Å². The largest absolute Gasteiger partial charge is 0.436 e. The zero-order chi connectivity index (χ0) is 25.9. The third-order valence-corrected chi connectivity index (χ3v) is 8.45. The van der Waals surface area contributed by atoms with Crippen LogP contribution in [0.3, 0.4) is 0 Å². The van der Waals surface area contributed by atoms with E-state index in [4.69, 9.17) is 18.8 Å². The zero-order valence-electron chi connectivity index (χ0n) is 20.3. The minimum Gasteiger partial charge on any atom is -0.436 e. The molecular weight excluding hydrogens is 570 g/mol. The summed E-state index contributed by atoms with van der Waals surface area (Å²) < 4.78 is 13.3. The average Bonchev–Trinajstić information content (AvgIpc) is 3.60. The van der Waals surface area contributed by atoms with Gasteiger partial charge < -0.3 is 13.7 Å². The summed E-state index contributed by atoms with van der Waals surface area (Å²) in [6.07, 6.45) is 0. The first kappa shape index (κ1) is 22.6.